The van der Waals surface area contributed by atoms with Crippen molar-refractivity contribution in [2.45, 2.75) is 20.5 Å². The van der Waals surface area contributed by atoms with Crippen LogP contribution in [0.25, 0.3) is 11.8 Å². The SMILES string of the molecule is COc1cc(C=CC(=O)c2c(C)nn(-c3ccccc3)c2C)ccc1OC(F)F. The Hall–Kier alpha value is -3.48. The summed E-state index contributed by atoms with van der Waals surface area (Å²) in [5.74, 6) is -0.111. The van der Waals surface area contributed by atoms with E-state index in [0.29, 0.717) is 16.8 Å². The average molecular weight is 398 g/mol. The molecule has 0 spiro atoms. The molecule has 0 aliphatic carbocycles. The molecule has 0 bridgehead atoms. The molecule has 0 amide bonds. The van der Waals surface area contributed by atoms with Crippen molar-refractivity contribution in [3.8, 4) is 17.2 Å². The number of halogens is 2. The largest absolute Gasteiger partial charge is 0.493 e. The Morgan fingerprint density at radius 3 is 2.48 bits per heavy atom. The Kier molecular flexibility index (Phi) is 6.07. The minimum atomic E-state index is -2.95. The number of methoxy groups -OCH3 is 1. The van der Waals surface area contributed by atoms with Gasteiger partial charge in [-0.3, -0.25) is 4.79 Å². The highest BCUT2D eigenvalue weighted by Crippen LogP contribution is 2.30. The van der Waals surface area contributed by atoms with Crippen LogP contribution < -0.4 is 9.47 Å². The molecule has 0 radical (unpaired) electrons. The number of ketones is 1. The summed E-state index contributed by atoms with van der Waals surface area (Å²) in [6, 6.07) is 14.0. The number of aromatic nitrogens is 2. The number of ether oxygens (including phenoxy) is 2. The maximum Gasteiger partial charge on any atom is 0.387 e. The topological polar surface area (TPSA) is 53.3 Å². The van der Waals surface area contributed by atoms with Gasteiger partial charge in [0.05, 0.1) is 29.7 Å². The smallest absolute Gasteiger partial charge is 0.387 e. The van der Waals surface area contributed by atoms with E-state index < -0.39 is 6.61 Å². The number of alkyl halides is 2. The molecule has 0 fully saturated rings. The van der Waals surface area contributed by atoms with Crippen LogP contribution in [0.2, 0.25) is 0 Å². The van der Waals surface area contributed by atoms with Crippen LogP contribution in [0.1, 0.15) is 27.3 Å². The Morgan fingerprint density at radius 2 is 1.83 bits per heavy atom. The van der Waals surface area contributed by atoms with Gasteiger partial charge in [0.25, 0.3) is 0 Å². The van der Waals surface area contributed by atoms with Crippen molar-refractivity contribution in [2.24, 2.45) is 0 Å². The molecular weight excluding hydrogens is 378 g/mol. The summed E-state index contributed by atoms with van der Waals surface area (Å²) in [4.78, 5) is 12.8. The van der Waals surface area contributed by atoms with Gasteiger partial charge in [0.15, 0.2) is 17.3 Å². The second-order valence-corrected chi connectivity index (χ2v) is 6.28. The Balaban J connectivity index is 1.85. The molecular formula is C22H20F2N2O3. The van der Waals surface area contributed by atoms with Gasteiger partial charge < -0.3 is 9.47 Å². The van der Waals surface area contributed by atoms with Crippen molar-refractivity contribution in [1.29, 1.82) is 0 Å². The Bertz CT molecular complexity index is 1040. The van der Waals surface area contributed by atoms with E-state index in [1.54, 1.807) is 23.7 Å². The van der Waals surface area contributed by atoms with Crippen LogP contribution in [-0.4, -0.2) is 29.3 Å². The zero-order valence-corrected chi connectivity index (χ0v) is 16.2. The highest BCUT2D eigenvalue weighted by atomic mass is 19.3. The van der Waals surface area contributed by atoms with E-state index in [4.69, 9.17) is 4.74 Å². The summed E-state index contributed by atoms with van der Waals surface area (Å²) in [5, 5.41) is 4.48. The first-order valence-corrected chi connectivity index (χ1v) is 8.87. The van der Waals surface area contributed by atoms with Crippen LogP contribution in [0, 0.1) is 13.8 Å². The fourth-order valence-corrected chi connectivity index (χ4v) is 3.06. The Morgan fingerprint density at radius 1 is 1.10 bits per heavy atom. The lowest BCUT2D eigenvalue weighted by molar-refractivity contribution is -0.0512. The number of hydrogen-bond acceptors (Lipinski definition) is 4. The number of benzene rings is 2. The van der Waals surface area contributed by atoms with Crippen molar-refractivity contribution in [1.82, 2.24) is 9.78 Å². The average Bonchev–Trinajstić information content (AvgIpc) is 3.01. The zero-order valence-electron chi connectivity index (χ0n) is 16.2. The number of aryl methyl sites for hydroxylation is 1. The molecule has 0 atom stereocenters. The van der Waals surface area contributed by atoms with Gasteiger partial charge >= 0.3 is 6.61 Å². The molecule has 0 N–H and O–H groups in total. The summed E-state index contributed by atoms with van der Waals surface area (Å²) < 4.78 is 36.1. The van der Waals surface area contributed by atoms with E-state index in [1.165, 1.54) is 25.3 Å². The third kappa shape index (κ3) is 4.51. The van der Waals surface area contributed by atoms with Crippen LogP contribution >= 0.6 is 0 Å². The maximum atomic E-state index is 12.8. The van der Waals surface area contributed by atoms with E-state index in [0.717, 1.165) is 11.4 Å². The first kappa shape index (κ1) is 20.3. The summed E-state index contributed by atoms with van der Waals surface area (Å²) in [5.41, 5.74) is 3.37. The fourth-order valence-electron chi connectivity index (χ4n) is 3.06. The van der Waals surface area contributed by atoms with E-state index in [1.807, 2.05) is 37.3 Å². The maximum absolute atomic E-state index is 12.8. The predicted octanol–water partition coefficient (Wildman–Crippen LogP) is 5.00. The number of allylic oxidation sites excluding steroid dienone is 1. The lowest BCUT2D eigenvalue weighted by Gasteiger charge is -2.10. The second-order valence-electron chi connectivity index (χ2n) is 6.28. The van der Waals surface area contributed by atoms with Crippen molar-refractivity contribution >= 4 is 11.9 Å². The van der Waals surface area contributed by atoms with Crippen molar-refractivity contribution < 1.29 is 23.0 Å². The molecule has 0 aliphatic rings. The fraction of sp³-hybridized carbons (Fsp3) is 0.182. The number of para-hydroxylation sites is 1. The lowest BCUT2D eigenvalue weighted by Crippen LogP contribution is -2.03. The van der Waals surface area contributed by atoms with Crippen LogP contribution in [0.3, 0.4) is 0 Å². The molecule has 29 heavy (non-hydrogen) atoms. The molecule has 150 valence electrons. The standard InChI is InChI=1S/C22H20F2N2O3/c1-14-21(15(2)26(25-14)17-7-5-4-6-8-17)18(27)11-9-16-10-12-19(29-22(23)24)20(13-16)28-3/h4-13,22H,1-3H3. The normalized spacial score (nSPS) is 11.2. The van der Waals surface area contributed by atoms with Crippen molar-refractivity contribution in [3.05, 3.63) is 77.1 Å². The molecule has 0 saturated carbocycles. The molecule has 3 rings (SSSR count). The highest BCUT2D eigenvalue weighted by Gasteiger charge is 2.17. The number of rotatable bonds is 7. The summed E-state index contributed by atoms with van der Waals surface area (Å²) in [6.07, 6.45) is 3.02. The summed E-state index contributed by atoms with van der Waals surface area (Å²) in [6.45, 7) is 0.680. The molecule has 0 aliphatic heterocycles. The third-order valence-corrected chi connectivity index (χ3v) is 4.37. The monoisotopic (exact) mass is 398 g/mol. The summed E-state index contributed by atoms with van der Waals surface area (Å²) in [7, 11) is 1.36. The van der Waals surface area contributed by atoms with Crippen LogP contribution in [0.5, 0.6) is 11.5 Å². The number of nitrogens with zero attached hydrogens (tertiary/aromatic N) is 2. The van der Waals surface area contributed by atoms with Gasteiger partial charge in [-0.25, -0.2) is 4.68 Å². The van der Waals surface area contributed by atoms with E-state index in [-0.39, 0.29) is 17.3 Å². The molecule has 0 saturated heterocycles. The molecule has 2 aromatic carbocycles. The molecule has 1 aromatic heterocycles. The van der Waals surface area contributed by atoms with E-state index >= 15 is 0 Å². The second kappa shape index (κ2) is 8.68. The van der Waals surface area contributed by atoms with Crippen LogP contribution in [0.15, 0.2) is 54.6 Å². The Labute approximate surface area is 167 Å². The zero-order chi connectivity index (χ0) is 21.0. The van der Waals surface area contributed by atoms with Gasteiger partial charge in [0.2, 0.25) is 0 Å². The minimum Gasteiger partial charge on any atom is -0.493 e. The molecule has 0 unspecified atom stereocenters. The molecule has 1 heterocycles. The number of hydrogen-bond donors (Lipinski definition) is 0. The van der Waals surface area contributed by atoms with Gasteiger partial charge in [-0.2, -0.15) is 13.9 Å². The number of carbonyl (C=O) groups excluding carboxylic acids is 1. The third-order valence-electron chi connectivity index (χ3n) is 4.37. The highest BCUT2D eigenvalue weighted by molar-refractivity contribution is 6.08. The van der Waals surface area contributed by atoms with Crippen molar-refractivity contribution in [2.75, 3.05) is 7.11 Å². The van der Waals surface area contributed by atoms with Gasteiger partial charge in [-0.05, 0) is 49.8 Å². The minimum absolute atomic E-state index is 0.0678. The van der Waals surface area contributed by atoms with E-state index in [2.05, 4.69) is 9.84 Å². The lowest BCUT2D eigenvalue weighted by atomic mass is 10.1. The van der Waals surface area contributed by atoms with Gasteiger partial charge in [0, 0.05) is 0 Å². The van der Waals surface area contributed by atoms with Gasteiger partial charge in [-0.1, -0.05) is 30.3 Å². The van der Waals surface area contributed by atoms with Gasteiger partial charge in [0.1, 0.15) is 0 Å². The molecule has 5 nitrogen and oxygen atoms in total. The quantitative estimate of drug-likeness (QED) is 0.415. The van der Waals surface area contributed by atoms with Crippen molar-refractivity contribution in [3.63, 3.8) is 0 Å². The molecule has 7 heteroatoms. The van der Waals surface area contributed by atoms with Crippen LogP contribution in [-0.2, 0) is 0 Å². The molecule has 3 aromatic rings. The predicted molar refractivity (Wildman–Crippen MR) is 106 cm³/mol. The van der Waals surface area contributed by atoms with Gasteiger partial charge in [-0.15, -0.1) is 0 Å². The van der Waals surface area contributed by atoms with E-state index in [9.17, 15) is 13.6 Å². The summed E-state index contributed by atoms with van der Waals surface area (Å²) >= 11 is 0. The first-order valence-electron chi connectivity index (χ1n) is 8.87. The first-order chi connectivity index (χ1) is 13.9. The number of carbonyl (C=O) groups is 1. The van der Waals surface area contributed by atoms with Crippen LogP contribution in [0.4, 0.5) is 8.78 Å².